The molecule has 0 radical (unpaired) electrons. The van der Waals surface area contributed by atoms with Gasteiger partial charge in [-0.2, -0.15) is 0 Å². The van der Waals surface area contributed by atoms with Gasteiger partial charge in [-0.05, 0) is 37.9 Å². The van der Waals surface area contributed by atoms with E-state index in [1.807, 2.05) is 30.3 Å². The van der Waals surface area contributed by atoms with Crippen molar-refractivity contribution in [2.75, 3.05) is 64.5 Å². The van der Waals surface area contributed by atoms with Crippen molar-refractivity contribution in [2.45, 2.75) is 50.0 Å². The highest BCUT2D eigenvalue weighted by Crippen LogP contribution is 2.28. The molecule has 0 saturated carbocycles. The number of nitrogens with zero attached hydrogens (tertiary/aromatic N) is 2. The number of nitrogens with one attached hydrogen (secondary N) is 2. The molecule has 4 rings (SSSR count). The van der Waals surface area contributed by atoms with E-state index in [0.717, 1.165) is 39.3 Å². The smallest absolute Gasteiger partial charge is 0.322 e. The molecule has 10 heteroatoms. The van der Waals surface area contributed by atoms with Crippen LogP contribution in [0.15, 0.2) is 30.3 Å². The molecule has 1 aromatic carbocycles. The van der Waals surface area contributed by atoms with Crippen LogP contribution in [0.2, 0.25) is 0 Å². The highest BCUT2D eigenvalue weighted by atomic mass is 16.5. The van der Waals surface area contributed by atoms with Crippen molar-refractivity contribution in [1.29, 1.82) is 0 Å². The Morgan fingerprint density at radius 2 is 1.86 bits per heavy atom. The van der Waals surface area contributed by atoms with Gasteiger partial charge in [0.1, 0.15) is 6.10 Å². The van der Waals surface area contributed by atoms with Gasteiger partial charge in [-0.25, -0.2) is 4.79 Å². The van der Waals surface area contributed by atoms with Gasteiger partial charge in [0.25, 0.3) is 0 Å². The number of fused-ring (bicyclic) bond motifs is 1. The first-order valence-electron chi connectivity index (χ1n) is 12.7. The number of aliphatic hydroxyl groups is 1. The molecule has 35 heavy (non-hydrogen) atoms. The van der Waals surface area contributed by atoms with Crippen molar-refractivity contribution in [3.63, 3.8) is 0 Å². The molecule has 0 unspecified atom stereocenters. The first-order valence-corrected chi connectivity index (χ1v) is 12.7. The van der Waals surface area contributed by atoms with E-state index >= 15 is 0 Å². The van der Waals surface area contributed by atoms with Crippen LogP contribution in [0.5, 0.6) is 0 Å². The molecule has 0 bridgehead atoms. The summed E-state index contributed by atoms with van der Waals surface area (Å²) < 4.78 is 17.3. The third-order valence-electron chi connectivity index (χ3n) is 6.76. The second-order valence-electron chi connectivity index (χ2n) is 9.44. The summed E-state index contributed by atoms with van der Waals surface area (Å²) in [4.78, 5) is 29.6. The van der Waals surface area contributed by atoms with Gasteiger partial charge in [-0.15, -0.1) is 0 Å². The Kier molecular flexibility index (Phi) is 9.73. The SMILES string of the molecule is O=C(C[C@H]1CC[C@H]2[C@@H](COC[C@@H](O)CN2C(=O)Nc2ccccc2)O1)NCCCN1CCOCC1. The number of morpholine rings is 1. The normalized spacial score (nSPS) is 27.9. The van der Waals surface area contributed by atoms with E-state index in [1.165, 1.54) is 0 Å². The quantitative estimate of drug-likeness (QED) is 0.490. The van der Waals surface area contributed by atoms with Gasteiger partial charge >= 0.3 is 6.03 Å². The maximum Gasteiger partial charge on any atom is 0.322 e. The van der Waals surface area contributed by atoms with Crippen LogP contribution in [0, 0.1) is 0 Å². The average Bonchev–Trinajstić information content (AvgIpc) is 2.86. The maximum absolute atomic E-state index is 13.1. The molecule has 0 aliphatic carbocycles. The lowest BCUT2D eigenvalue weighted by Crippen LogP contribution is -2.58. The Bertz CT molecular complexity index is 806. The molecule has 4 atom stereocenters. The van der Waals surface area contributed by atoms with Gasteiger partial charge in [-0.1, -0.05) is 18.2 Å². The predicted molar refractivity (Wildman–Crippen MR) is 130 cm³/mol. The molecule has 3 aliphatic heterocycles. The lowest BCUT2D eigenvalue weighted by Gasteiger charge is -2.44. The van der Waals surface area contributed by atoms with Crippen molar-refractivity contribution in [1.82, 2.24) is 15.1 Å². The molecular weight excluding hydrogens is 452 g/mol. The second-order valence-corrected chi connectivity index (χ2v) is 9.44. The Morgan fingerprint density at radius 3 is 2.66 bits per heavy atom. The lowest BCUT2D eigenvalue weighted by molar-refractivity contribution is -0.149. The summed E-state index contributed by atoms with van der Waals surface area (Å²) in [7, 11) is 0. The maximum atomic E-state index is 13.1. The van der Waals surface area contributed by atoms with Crippen LogP contribution in [-0.2, 0) is 19.0 Å². The van der Waals surface area contributed by atoms with Crippen LogP contribution < -0.4 is 10.6 Å². The summed E-state index contributed by atoms with van der Waals surface area (Å²) in [6.45, 7) is 5.63. The zero-order valence-corrected chi connectivity index (χ0v) is 20.3. The number of urea groups is 1. The molecule has 194 valence electrons. The van der Waals surface area contributed by atoms with Crippen molar-refractivity contribution in [3.8, 4) is 0 Å². The molecule has 3 heterocycles. The van der Waals surface area contributed by atoms with Crippen LogP contribution in [0.1, 0.15) is 25.7 Å². The number of amides is 3. The van der Waals surface area contributed by atoms with Gasteiger partial charge < -0.3 is 34.9 Å². The van der Waals surface area contributed by atoms with Crippen LogP contribution in [0.3, 0.4) is 0 Å². The molecule has 3 fully saturated rings. The largest absolute Gasteiger partial charge is 0.389 e. The third-order valence-corrected chi connectivity index (χ3v) is 6.76. The van der Waals surface area contributed by atoms with Crippen LogP contribution in [-0.4, -0.2) is 110 Å². The molecule has 10 nitrogen and oxygen atoms in total. The number of carbonyl (C=O) groups is 2. The fourth-order valence-corrected chi connectivity index (χ4v) is 4.93. The van der Waals surface area contributed by atoms with Crippen molar-refractivity contribution >= 4 is 17.6 Å². The number of anilines is 1. The molecular formula is C25H38N4O6. The average molecular weight is 491 g/mol. The zero-order chi connectivity index (χ0) is 24.5. The minimum atomic E-state index is -0.765. The van der Waals surface area contributed by atoms with Crippen LogP contribution in [0.25, 0.3) is 0 Å². The van der Waals surface area contributed by atoms with Crippen molar-refractivity contribution in [2.24, 2.45) is 0 Å². The number of carbonyl (C=O) groups excluding carboxylic acids is 2. The Balaban J connectivity index is 1.25. The van der Waals surface area contributed by atoms with E-state index in [9.17, 15) is 14.7 Å². The van der Waals surface area contributed by atoms with Gasteiger partial charge in [0.05, 0.1) is 57.6 Å². The minimum Gasteiger partial charge on any atom is -0.389 e. The summed E-state index contributed by atoms with van der Waals surface area (Å²) in [6.07, 6.45) is 1.20. The fraction of sp³-hybridized carbons (Fsp3) is 0.680. The molecule has 3 amide bonds. The van der Waals surface area contributed by atoms with Gasteiger partial charge in [0, 0.05) is 25.3 Å². The number of rotatable bonds is 7. The molecule has 3 aliphatic rings. The monoisotopic (exact) mass is 490 g/mol. The molecule has 0 aromatic heterocycles. The summed E-state index contributed by atoms with van der Waals surface area (Å²) in [5.74, 6) is -0.0173. The zero-order valence-electron chi connectivity index (χ0n) is 20.3. The number of hydrogen-bond acceptors (Lipinski definition) is 7. The second kappa shape index (κ2) is 13.2. The lowest BCUT2D eigenvalue weighted by atomic mass is 9.95. The Morgan fingerprint density at radius 1 is 1.06 bits per heavy atom. The van der Waals surface area contributed by atoms with Crippen LogP contribution >= 0.6 is 0 Å². The highest BCUT2D eigenvalue weighted by Gasteiger charge is 2.40. The van der Waals surface area contributed by atoms with E-state index in [4.69, 9.17) is 14.2 Å². The van der Waals surface area contributed by atoms with E-state index in [0.29, 0.717) is 31.5 Å². The molecule has 3 N–H and O–H groups in total. The fourth-order valence-electron chi connectivity index (χ4n) is 4.93. The number of β-amino-alcohol motifs (C(OH)–C–C–N with tert-alkyl or cyclic N) is 1. The first-order chi connectivity index (χ1) is 17.1. The Labute approximate surface area is 206 Å². The number of hydrogen-bond donors (Lipinski definition) is 3. The number of para-hydroxylation sites is 1. The predicted octanol–water partition coefficient (Wildman–Crippen LogP) is 1.06. The Hall–Kier alpha value is -2.24. The number of benzene rings is 1. The van der Waals surface area contributed by atoms with Crippen molar-refractivity contribution in [3.05, 3.63) is 30.3 Å². The molecule has 1 aromatic rings. The third kappa shape index (κ3) is 7.88. The summed E-state index contributed by atoms with van der Waals surface area (Å²) in [6, 6.07) is 8.75. The van der Waals surface area contributed by atoms with Gasteiger partial charge in [0.15, 0.2) is 0 Å². The summed E-state index contributed by atoms with van der Waals surface area (Å²) in [5.41, 5.74) is 0.696. The van der Waals surface area contributed by atoms with Gasteiger partial charge in [-0.3, -0.25) is 9.69 Å². The van der Waals surface area contributed by atoms with Crippen LogP contribution in [0.4, 0.5) is 10.5 Å². The van der Waals surface area contributed by atoms with Gasteiger partial charge in [0.2, 0.25) is 5.91 Å². The van der Waals surface area contributed by atoms with E-state index in [1.54, 1.807) is 4.90 Å². The number of aliphatic hydroxyl groups excluding tert-OH is 1. The summed E-state index contributed by atoms with van der Waals surface area (Å²) >= 11 is 0. The van der Waals surface area contributed by atoms with Crippen molar-refractivity contribution < 1.29 is 28.9 Å². The summed E-state index contributed by atoms with van der Waals surface area (Å²) in [5, 5.41) is 16.2. The minimum absolute atomic E-state index is 0.0173. The standard InChI is InChI=1S/C25H38N4O6/c30-20-16-29(25(32)27-19-5-2-1-3-6-19)22-8-7-21(35-23(22)18-34-17-20)15-24(31)26-9-4-10-28-11-13-33-14-12-28/h1-3,5-6,20-23,30H,4,7-18H2,(H,26,31)(H,27,32)/t20-,21+,22-,23+/m0/s1. The number of ether oxygens (including phenoxy) is 3. The molecule has 3 saturated heterocycles. The first kappa shape index (κ1) is 25.8. The highest BCUT2D eigenvalue weighted by molar-refractivity contribution is 5.89. The molecule has 0 spiro atoms. The topological polar surface area (TPSA) is 113 Å². The van der Waals surface area contributed by atoms with E-state index in [2.05, 4.69) is 15.5 Å². The van der Waals surface area contributed by atoms with E-state index < -0.39 is 6.10 Å². The van der Waals surface area contributed by atoms with E-state index in [-0.39, 0.29) is 49.9 Å².